The fourth-order valence-electron chi connectivity index (χ4n) is 1.44. The number of rotatable bonds is 5. The van der Waals surface area contributed by atoms with Gasteiger partial charge in [0, 0.05) is 19.7 Å². The van der Waals surface area contributed by atoms with Crippen molar-refractivity contribution in [3.05, 3.63) is 0 Å². The van der Waals surface area contributed by atoms with Gasteiger partial charge in [0.2, 0.25) is 0 Å². The second-order valence-corrected chi connectivity index (χ2v) is 4.35. The molecule has 1 rings (SSSR count). The first-order valence-corrected chi connectivity index (χ1v) is 5.26. The first-order chi connectivity index (χ1) is 7.03. The molecule has 4 heteroatoms. The van der Waals surface area contributed by atoms with E-state index in [4.69, 9.17) is 10.00 Å². The number of carbonyl (C=O) groups is 1. The summed E-state index contributed by atoms with van der Waals surface area (Å²) in [7, 11) is 1.53. The van der Waals surface area contributed by atoms with Gasteiger partial charge in [0.25, 0.3) is 5.91 Å². The van der Waals surface area contributed by atoms with Crippen LogP contribution in [0.25, 0.3) is 0 Å². The van der Waals surface area contributed by atoms with E-state index in [0.29, 0.717) is 19.0 Å². The van der Waals surface area contributed by atoms with Crippen LogP contribution in [-0.2, 0) is 9.53 Å². The van der Waals surface area contributed by atoms with Crippen molar-refractivity contribution in [2.24, 2.45) is 0 Å². The van der Waals surface area contributed by atoms with Crippen LogP contribution in [0.5, 0.6) is 0 Å². The Balaban J connectivity index is 2.63. The lowest BCUT2D eigenvalue weighted by atomic mass is 10.1. The minimum Gasteiger partial charge on any atom is -0.369 e. The minimum atomic E-state index is -0.780. The second-order valence-electron chi connectivity index (χ2n) is 4.35. The summed E-state index contributed by atoms with van der Waals surface area (Å²) in [5.74, 6) is -0.0113. The molecule has 4 nitrogen and oxygen atoms in total. The van der Waals surface area contributed by atoms with Crippen molar-refractivity contribution in [3.63, 3.8) is 0 Å². The van der Waals surface area contributed by atoms with Crippen LogP contribution in [0.15, 0.2) is 0 Å². The highest BCUT2D eigenvalue weighted by Crippen LogP contribution is 2.29. The van der Waals surface area contributed by atoms with Gasteiger partial charge in [0.15, 0.2) is 0 Å². The number of ether oxygens (including phenoxy) is 1. The normalized spacial score (nSPS) is 15.9. The molecule has 0 spiro atoms. The number of methoxy groups -OCH3 is 1. The molecule has 1 saturated carbocycles. The predicted molar refractivity (Wildman–Crippen MR) is 56.1 cm³/mol. The van der Waals surface area contributed by atoms with Crippen LogP contribution in [0.3, 0.4) is 0 Å². The van der Waals surface area contributed by atoms with E-state index in [2.05, 4.69) is 6.07 Å². The molecule has 1 aliphatic carbocycles. The number of nitrogens with zero attached hydrogens (tertiary/aromatic N) is 2. The summed E-state index contributed by atoms with van der Waals surface area (Å²) in [4.78, 5) is 13.9. The molecular formula is C11H18N2O2. The lowest BCUT2D eigenvalue weighted by molar-refractivity contribution is -0.151. The summed E-state index contributed by atoms with van der Waals surface area (Å²) in [6.07, 6.45) is 2.50. The molecule has 0 atom stereocenters. The average molecular weight is 210 g/mol. The third-order valence-electron chi connectivity index (χ3n) is 2.74. The number of carbonyl (C=O) groups excluding carboxylic acids is 1. The lowest BCUT2D eigenvalue weighted by Crippen LogP contribution is -2.47. The third kappa shape index (κ3) is 2.93. The Labute approximate surface area is 90.8 Å². The zero-order valence-electron chi connectivity index (χ0n) is 9.62. The van der Waals surface area contributed by atoms with Crippen LogP contribution in [0, 0.1) is 11.3 Å². The summed E-state index contributed by atoms with van der Waals surface area (Å²) in [6.45, 7) is 4.04. The largest absolute Gasteiger partial charge is 0.369 e. The summed E-state index contributed by atoms with van der Waals surface area (Å²) in [5, 5.41) is 8.54. The van der Waals surface area contributed by atoms with Crippen molar-refractivity contribution in [1.82, 2.24) is 4.90 Å². The van der Waals surface area contributed by atoms with E-state index >= 15 is 0 Å². The number of hydrogen-bond acceptors (Lipinski definition) is 3. The maximum atomic E-state index is 12.1. The molecule has 0 heterocycles. The van der Waals surface area contributed by atoms with Crippen molar-refractivity contribution in [2.45, 2.75) is 44.8 Å². The van der Waals surface area contributed by atoms with Gasteiger partial charge in [-0.2, -0.15) is 5.26 Å². The molecule has 0 bridgehead atoms. The van der Waals surface area contributed by atoms with Gasteiger partial charge in [-0.15, -0.1) is 0 Å². The monoisotopic (exact) mass is 210 g/mol. The van der Waals surface area contributed by atoms with Crippen molar-refractivity contribution in [1.29, 1.82) is 5.26 Å². The zero-order chi connectivity index (χ0) is 11.5. The van der Waals surface area contributed by atoms with E-state index in [0.717, 1.165) is 12.8 Å². The van der Waals surface area contributed by atoms with Crippen molar-refractivity contribution in [2.75, 3.05) is 13.7 Å². The Morgan fingerprint density at radius 3 is 2.60 bits per heavy atom. The van der Waals surface area contributed by atoms with Gasteiger partial charge in [-0.25, -0.2) is 0 Å². The standard InChI is InChI=1S/C11H18N2O2/c1-11(2,15-3)10(14)13(8-4-7-12)9-5-6-9/h9H,4-6,8H2,1-3H3. The Bertz CT molecular complexity index is 277. The number of nitriles is 1. The van der Waals surface area contributed by atoms with E-state index in [1.54, 1.807) is 18.7 Å². The first-order valence-electron chi connectivity index (χ1n) is 5.26. The van der Waals surface area contributed by atoms with E-state index in [1.165, 1.54) is 7.11 Å². The molecule has 0 radical (unpaired) electrons. The topological polar surface area (TPSA) is 53.3 Å². The van der Waals surface area contributed by atoms with Gasteiger partial charge in [0.05, 0.1) is 12.5 Å². The van der Waals surface area contributed by atoms with E-state index in [9.17, 15) is 4.79 Å². The molecule has 84 valence electrons. The van der Waals surface area contributed by atoms with Crippen LogP contribution in [0.1, 0.15) is 33.1 Å². The molecule has 0 aromatic rings. The van der Waals surface area contributed by atoms with Crippen molar-refractivity contribution in [3.8, 4) is 6.07 Å². The molecule has 0 aromatic carbocycles. The smallest absolute Gasteiger partial charge is 0.254 e. The van der Waals surface area contributed by atoms with Gasteiger partial charge < -0.3 is 9.64 Å². The predicted octanol–water partition coefficient (Wildman–Crippen LogP) is 1.32. The molecular weight excluding hydrogens is 192 g/mol. The zero-order valence-corrected chi connectivity index (χ0v) is 9.62. The highest BCUT2D eigenvalue weighted by atomic mass is 16.5. The molecule has 1 fully saturated rings. The Kier molecular flexibility index (Phi) is 3.70. The fraction of sp³-hybridized carbons (Fsp3) is 0.818. The number of hydrogen-bond donors (Lipinski definition) is 0. The summed E-state index contributed by atoms with van der Waals surface area (Å²) in [6, 6.07) is 2.40. The van der Waals surface area contributed by atoms with Crippen LogP contribution in [0.2, 0.25) is 0 Å². The summed E-state index contributed by atoms with van der Waals surface area (Å²) >= 11 is 0. The SMILES string of the molecule is COC(C)(C)C(=O)N(CCC#N)C1CC1. The van der Waals surface area contributed by atoms with Gasteiger partial charge in [-0.3, -0.25) is 4.79 Å². The molecule has 0 N–H and O–H groups in total. The molecule has 0 aromatic heterocycles. The highest BCUT2D eigenvalue weighted by Gasteiger charge is 2.39. The third-order valence-corrected chi connectivity index (χ3v) is 2.74. The second kappa shape index (κ2) is 4.63. The average Bonchev–Trinajstić information content (AvgIpc) is 3.02. The lowest BCUT2D eigenvalue weighted by Gasteiger charge is -2.30. The van der Waals surface area contributed by atoms with E-state index in [1.807, 2.05) is 0 Å². The maximum Gasteiger partial charge on any atom is 0.254 e. The van der Waals surface area contributed by atoms with E-state index < -0.39 is 5.60 Å². The Morgan fingerprint density at radius 2 is 2.20 bits per heavy atom. The van der Waals surface area contributed by atoms with Crippen LogP contribution >= 0.6 is 0 Å². The van der Waals surface area contributed by atoms with Gasteiger partial charge >= 0.3 is 0 Å². The molecule has 0 saturated heterocycles. The Morgan fingerprint density at radius 1 is 1.60 bits per heavy atom. The van der Waals surface area contributed by atoms with Gasteiger partial charge in [0.1, 0.15) is 5.60 Å². The first kappa shape index (κ1) is 12.0. The Hall–Kier alpha value is -1.08. The minimum absolute atomic E-state index is 0.0113. The summed E-state index contributed by atoms with van der Waals surface area (Å²) < 4.78 is 5.16. The molecule has 0 unspecified atom stereocenters. The summed E-state index contributed by atoms with van der Waals surface area (Å²) in [5.41, 5.74) is -0.780. The van der Waals surface area contributed by atoms with Crippen molar-refractivity contribution < 1.29 is 9.53 Å². The van der Waals surface area contributed by atoms with E-state index in [-0.39, 0.29) is 5.91 Å². The highest BCUT2D eigenvalue weighted by molar-refractivity contribution is 5.85. The van der Waals surface area contributed by atoms with Crippen LogP contribution in [-0.4, -0.2) is 36.1 Å². The molecule has 15 heavy (non-hydrogen) atoms. The molecule has 1 aliphatic rings. The van der Waals surface area contributed by atoms with Gasteiger partial charge in [-0.05, 0) is 26.7 Å². The van der Waals surface area contributed by atoms with Crippen molar-refractivity contribution >= 4 is 5.91 Å². The molecule has 0 aliphatic heterocycles. The molecule has 1 amide bonds. The number of amides is 1. The fourth-order valence-corrected chi connectivity index (χ4v) is 1.44. The maximum absolute atomic E-state index is 12.1. The van der Waals surface area contributed by atoms with Crippen LogP contribution in [0.4, 0.5) is 0 Å². The van der Waals surface area contributed by atoms with Gasteiger partial charge in [-0.1, -0.05) is 0 Å². The quantitative estimate of drug-likeness (QED) is 0.687. The van der Waals surface area contributed by atoms with Crippen LogP contribution < -0.4 is 0 Å².